The Kier molecular flexibility index (Phi) is 1.93. The van der Waals surface area contributed by atoms with Crippen LogP contribution in [0.5, 0.6) is 0 Å². The van der Waals surface area contributed by atoms with E-state index < -0.39 is 0 Å². The van der Waals surface area contributed by atoms with Crippen molar-refractivity contribution in [2.24, 2.45) is 11.8 Å². The largest absolute Gasteiger partial charge is 0.0850 e. The molecule has 0 saturated heterocycles. The van der Waals surface area contributed by atoms with Gasteiger partial charge in [-0.25, -0.2) is 0 Å². The molecule has 2 unspecified atom stereocenters. The van der Waals surface area contributed by atoms with Gasteiger partial charge in [0.2, 0.25) is 0 Å². The van der Waals surface area contributed by atoms with Crippen molar-refractivity contribution in [2.75, 3.05) is 0 Å². The molecule has 0 heteroatoms. The second kappa shape index (κ2) is 3.27. The van der Waals surface area contributed by atoms with E-state index >= 15 is 0 Å². The zero-order valence-electron chi connectivity index (χ0n) is 8.45. The molecule has 0 radical (unpaired) electrons. The zero-order valence-corrected chi connectivity index (χ0v) is 8.45. The van der Waals surface area contributed by atoms with Gasteiger partial charge in [0.25, 0.3) is 0 Å². The minimum atomic E-state index is 0.942. The van der Waals surface area contributed by atoms with Crippen molar-refractivity contribution in [3.63, 3.8) is 0 Å². The summed E-state index contributed by atoms with van der Waals surface area (Å²) < 4.78 is 0. The van der Waals surface area contributed by atoms with Crippen molar-refractivity contribution in [1.29, 1.82) is 0 Å². The maximum Gasteiger partial charge on any atom is -0.0244 e. The van der Waals surface area contributed by atoms with Crippen LogP contribution in [-0.4, -0.2) is 0 Å². The molecule has 2 atom stereocenters. The molecular weight excluding hydrogens is 168 g/mol. The molecule has 0 amide bonds. The van der Waals surface area contributed by atoms with Crippen LogP contribution in [0.25, 0.3) is 0 Å². The molecule has 2 aliphatic carbocycles. The van der Waals surface area contributed by atoms with Gasteiger partial charge in [0.1, 0.15) is 0 Å². The topological polar surface area (TPSA) is 0 Å². The first-order valence-corrected chi connectivity index (χ1v) is 5.63. The van der Waals surface area contributed by atoms with E-state index in [1.54, 1.807) is 5.57 Å². The van der Waals surface area contributed by atoms with E-state index in [0.29, 0.717) is 0 Å². The second-order valence-corrected chi connectivity index (χ2v) is 4.72. The average molecular weight is 184 g/mol. The lowest BCUT2D eigenvalue weighted by atomic mass is 9.86. The van der Waals surface area contributed by atoms with Crippen molar-refractivity contribution in [3.05, 3.63) is 47.5 Å². The normalized spacial score (nSPS) is 29.3. The summed E-state index contributed by atoms with van der Waals surface area (Å²) in [5.74, 6) is 1.92. The van der Waals surface area contributed by atoms with Gasteiger partial charge in [0.15, 0.2) is 0 Å². The molecule has 0 spiro atoms. The number of benzene rings is 1. The lowest BCUT2D eigenvalue weighted by Gasteiger charge is -2.18. The first kappa shape index (κ1) is 8.28. The van der Waals surface area contributed by atoms with Gasteiger partial charge in [-0.15, -0.1) is 0 Å². The van der Waals surface area contributed by atoms with Gasteiger partial charge >= 0.3 is 0 Å². The van der Waals surface area contributed by atoms with Crippen LogP contribution in [-0.2, 0) is 6.42 Å². The fraction of sp³-hybridized carbons (Fsp3) is 0.429. The molecule has 1 fully saturated rings. The molecule has 14 heavy (non-hydrogen) atoms. The van der Waals surface area contributed by atoms with E-state index in [0.717, 1.165) is 11.8 Å². The van der Waals surface area contributed by atoms with Crippen LogP contribution in [0.15, 0.2) is 42.0 Å². The molecule has 0 aromatic heterocycles. The van der Waals surface area contributed by atoms with Crippen LogP contribution in [0.4, 0.5) is 0 Å². The Balaban J connectivity index is 1.72. The molecule has 1 aromatic rings. The minimum Gasteiger partial charge on any atom is -0.0850 e. The molecule has 72 valence electrons. The molecule has 0 nitrogen and oxygen atoms in total. The van der Waals surface area contributed by atoms with Gasteiger partial charge in [-0.3, -0.25) is 0 Å². The summed E-state index contributed by atoms with van der Waals surface area (Å²) in [6.07, 6.45) is 7.89. The number of fused-ring (bicyclic) bond motifs is 2. The van der Waals surface area contributed by atoms with E-state index in [1.165, 1.54) is 31.2 Å². The van der Waals surface area contributed by atoms with Gasteiger partial charge in [0, 0.05) is 0 Å². The van der Waals surface area contributed by atoms with E-state index in [-0.39, 0.29) is 0 Å². The molecule has 0 heterocycles. The highest BCUT2D eigenvalue weighted by Gasteiger charge is 2.33. The Morgan fingerprint density at radius 3 is 2.57 bits per heavy atom. The molecule has 3 rings (SSSR count). The highest BCUT2D eigenvalue weighted by molar-refractivity contribution is 5.22. The number of hydrogen-bond acceptors (Lipinski definition) is 0. The van der Waals surface area contributed by atoms with E-state index in [4.69, 9.17) is 0 Å². The summed E-state index contributed by atoms with van der Waals surface area (Å²) in [6.45, 7) is 0. The van der Waals surface area contributed by atoms with Gasteiger partial charge in [0.05, 0.1) is 0 Å². The lowest BCUT2D eigenvalue weighted by Crippen LogP contribution is -2.10. The van der Waals surface area contributed by atoms with Crippen LogP contribution >= 0.6 is 0 Å². The molecular formula is C14H16. The standard InChI is InChI=1S/C14H16/c1-2-4-11(5-3-1)8-14-10-12-6-7-13(14)9-12/h1-6,13-14H,7-10H2. The van der Waals surface area contributed by atoms with Gasteiger partial charge in [-0.05, 0) is 43.1 Å². The Labute approximate surface area is 85.6 Å². The minimum absolute atomic E-state index is 0.942. The molecule has 1 aromatic carbocycles. The Hall–Kier alpha value is -1.04. The lowest BCUT2D eigenvalue weighted by molar-refractivity contribution is 0.388. The van der Waals surface area contributed by atoms with Gasteiger partial charge < -0.3 is 0 Å². The summed E-state index contributed by atoms with van der Waals surface area (Å²) in [5, 5.41) is 0. The van der Waals surface area contributed by atoms with E-state index in [9.17, 15) is 0 Å². The average Bonchev–Trinajstić information content (AvgIpc) is 2.81. The van der Waals surface area contributed by atoms with E-state index in [2.05, 4.69) is 36.4 Å². The second-order valence-electron chi connectivity index (χ2n) is 4.72. The zero-order chi connectivity index (χ0) is 9.38. The van der Waals surface area contributed by atoms with Crippen LogP contribution in [0.2, 0.25) is 0 Å². The Morgan fingerprint density at radius 2 is 1.93 bits per heavy atom. The number of allylic oxidation sites excluding steroid dienone is 2. The third kappa shape index (κ3) is 1.39. The molecule has 2 bridgehead atoms. The maximum atomic E-state index is 2.46. The van der Waals surface area contributed by atoms with Gasteiger partial charge in [-0.2, -0.15) is 0 Å². The Morgan fingerprint density at radius 1 is 1.07 bits per heavy atom. The molecule has 2 aliphatic rings. The van der Waals surface area contributed by atoms with Crippen molar-refractivity contribution < 1.29 is 0 Å². The third-order valence-corrected chi connectivity index (χ3v) is 3.77. The predicted molar refractivity (Wildman–Crippen MR) is 59.1 cm³/mol. The molecule has 0 N–H and O–H groups in total. The highest BCUT2D eigenvalue weighted by atomic mass is 14.4. The summed E-state index contributed by atoms with van der Waals surface area (Å²) in [4.78, 5) is 0. The van der Waals surface area contributed by atoms with Crippen molar-refractivity contribution in [2.45, 2.75) is 25.7 Å². The monoisotopic (exact) mass is 184 g/mol. The quantitative estimate of drug-likeness (QED) is 0.616. The maximum absolute atomic E-state index is 2.46. The highest BCUT2D eigenvalue weighted by Crippen LogP contribution is 2.45. The van der Waals surface area contributed by atoms with Crippen LogP contribution in [0, 0.1) is 11.8 Å². The summed E-state index contributed by atoms with van der Waals surface area (Å²) in [7, 11) is 0. The number of rotatable bonds is 2. The first-order chi connectivity index (χ1) is 6.92. The summed E-state index contributed by atoms with van der Waals surface area (Å²) in [6, 6.07) is 10.9. The summed E-state index contributed by atoms with van der Waals surface area (Å²) in [5.41, 5.74) is 3.25. The van der Waals surface area contributed by atoms with Crippen LogP contribution in [0.3, 0.4) is 0 Å². The predicted octanol–water partition coefficient (Wildman–Crippen LogP) is 3.59. The first-order valence-electron chi connectivity index (χ1n) is 5.63. The molecule has 0 aliphatic heterocycles. The van der Waals surface area contributed by atoms with Crippen molar-refractivity contribution >= 4 is 0 Å². The summed E-state index contributed by atoms with van der Waals surface area (Å²) >= 11 is 0. The van der Waals surface area contributed by atoms with Crippen molar-refractivity contribution in [1.82, 2.24) is 0 Å². The SMILES string of the molecule is C1=C2CC(C1)C(Cc1ccccc1)C2. The van der Waals surface area contributed by atoms with Gasteiger partial charge in [-0.1, -0.05) is 42.0 Å². The van der Waals surface area contributed by atoms with Crippen LogP contribution < -0.4 is 0 Å². The van der Waals surface area contributed by atoms with Crippen LogP contribution in [0.1, 0.15) is 24.8 Å². The fourth-order valence-electron chi connectivity index (χ4n) is 3.01. The third-order valence-electron chi connectivity index (χ3n) is 3.77. The molecule has 1 saturated carbocycles. The number of hydrogen-bond donors (Lipinski definition) is 0. The fourth-order valence-corrected chi connectivity index (χ4v) is 3.01. The van der Waals surface area contributed by atoms with E-state index in [1.807, 2.05) is 0 Å². The van der Waals surface area contributed by atoms with Crippen molar-refractivity contribution in [3.8, 4) is 0 Å². The smallest absolute Gasteiger partial charge is 0.0244 e. The Bertz CT molecular complexity index is 348.